The van der Waals surface area contributed by atoms with E-state index >= 15 is 0 Å². The third-order valence-corrected chi connectivity index (χ3v) is 2.68. The van der Waals surface area contributed by atoms with E-state index < -0.39 is 31.7 Å². The van der Waals surface area contributed by atoms with Crippen molar-refractivity contribution in [2.75, 3.05) is 24.7 Å². The fraction of sp³-hybridized carbons (Fsp3) is 1.00. The normalized spacial score (nSPS) is 11.1. The monoisotopic (exact) mass is 318 g/mol. The maximum absolute atomic E-state index is 9.72. The molecule has 0 aromatic heterocycles. The van der Waals surface area contributed by atoms with Crippen LogP contribution in [0, 0.1) is 0 Å². The number of aliphatic hydroxyl groups is 2. The van der Waals surface area contributed by atoms with Crippen molar-refractivity contribution in [2.45, 2.75) is 12.8 Å². The van der Waals surface area contributed by atoms with Crippen molar-refractivity contribution < 1.29 is 36.2 Å². The molecule has 100 valence electrons. The Labute approximate surface area is 131 Å². The molecule has 0 aliphatic rings. The molecule has 0 aliphatic carbocycles. The largest absolute Gasteiger partial charge is 2.00 e. The van der Waals surface area contributed by atoms with Gasteiger partial charge < -0.3 is 19.3 Å². The maximum atomic E-state index is 9.72. The SMILES string of the molecule is O=S(=O)([O-])CCCO.O=S(=O)([O-])CCCO.[Ca+2]. The van der Waals surface area contributed by atoms with E-state index in [9.17, 15) is 25.9 Å². The van der Waals surface area contributed by atoms with Crippen LogP contribution in [0.25, 0.3) is 0 Å². The molecule has 0 amide bonds. The fourth-order valence-electron chi connectivity index (χ4n) is 0.483. The molecule has 0 atom stereocenters. The molecule has 0 saturated heterocycles. The van der Waals surface area contributed by atoms with Crippen LogP contribution in [0.3, 0.4) is 0 Å². The summed E-state index contributed by atoms with van der Waals surface area (Å²) in [6.45, 7) is -0.497. The average molecular weight is 318 g/mol. The molecule has 0 unspecified atom stereocenters. The predicted molar refractivity (Wildman–Crippen MR) is 58.3 cm³/mol. The second-order valence-electron chi connectivity index (χ2n) is 2.68. The second kappa shape index (κ2) is 12.1. The maximum Gasteiger partial charge on any atom is 2.00 e. The van der Waals surface area contributed by atoms with Gasteiger partial charge >= 0.3 is 37.7 Å². The van der Waals surface area contributed by atoms with E-state index in [4.69, 9.17) is 10.2 Å². The molecule has 17 heavy (non-hydrogen) atoms. The molecule has 0 aliphatic heterocycles. The molecule has 0 saturated carbocycles. The van der Waals surface area contributed by atoms with Crippen molar-refractivity contribution in [3.63, 3.8) is 0 Å². The van der Waals surface area contributed by atoms with Gasteiger partial charge in [0.15, 0.2) is 0 Å². The molecular formula is C6H14CaO8S2. The Morgan fingerprint density at radius 1 is 0.765 bits per heavy atom. The Morgan fingerprint density at radius 2 is 1.00 bits per heavy atom. The Hall–Kier alpha value is 1.000. The van der Waals surface area contributed by atoms with Crippen LogP contribution in [0.4, 0.5) is 0 Å². The number of hydrogen-bond donors (Lipinski definition) is 2. The summed E-state index contributed by atoms with van der Waals surface area (Å²) in [6.07, 6.45) is 0.0671. The summed E-state index contributed by atoms with van der Waals surface area (Å²) in [5.41, 5.74) is 0. The van der Waals surface area contributed by atoms with Crippen LogP contribution < -0.4 is 0 Å². The van der Waals surface area contributed by atoms with Gasteiger partial charge in [-0.1, -0.05) is 0 Å². The molecular weight excluding hydrogens is 304 g/mol. The van der Waals surface area contributed by atoms with Crippen LogP contribution >= 0.6 is 0 Å². The van der Waals surface area contributed by atoms with Crippen LogP contribution in [0.1, 0.15) is 12.8 Å². The summed E-state index contributed by atoms with van der Waals surface area (Å²) in [5, 5.41) is 16.1. The molecule has 0 bridgehead atoms. The van der Waals surface area contributed by atoms with Crippen LogP contribution in [0.5, 0.6) is 0 Å². The standard InChI is InChI=1S/2C3H8O4S.Ca/c2*4-2-1-3-8(5,6)7;/h2*4H,1-3H2,(H,5,6,7);/q;;+2/p-2. The van der Waals surface area contributed by atoms with Gasteiger partial charge in [-0.3, -0.25) is 0 Å². The minimum atomic E-state index is -4.10. The summed E-state index contributed by atoms with van der Waals surface area (Å²) in [7, 11) is -8.19. The molecule has 0 radical (unpaired) electrons. The van der Waals surface area contributed by atoms with E-state index in [1.165, 1.54) is 0 Å². The van der Waals surface area contributed by atoms with Gasteiger partial charge in [0, 0.05) is 24.7 Å². The zero-order chi connectivity index (χ0) is 13.2. The summed E-state index contributed by atoms with van der Waals surface area (Å²) in [6, 6.07) is 0. The van der Waals surface area contributed by atoms with Crippen LogP contribution in [0.15, 0.2) is 0 Å². The molecule has 0 aromatic rings. The van der Waals surface area contributed by atoms with Crippen molar-refractivity contribution in [2.24, 2.45) is 0 Å². The third kappa shape index (κ3) is 31.6. The van der Waals surface area contributed by atoms with E-state index in [0.29, 0.717) is 0 Å². The first-order chi connectivity index (χ1) is 7.12. The van der Waals surface area contributed by atoms with E-state index in [2.05, 4.69) is 0 Å². The molecule has 0 spiro atoms. The first kappa shape index (κ1) is 23.1. The van der Waals surface area contributed by atoms with Crippen LogP contribution in [-0.4, -0.2) is 98.6 Å². The van der Waals surface area contributed by atoms with Crippen molar-refractivity contribution in [1.29, 1.82) is 0 Å². The Bertz CT molecular complexity index is 312. The third-order valence-electron chi connectivity index (χ3n) is 1.10. The summed E-state index contributed by atoms with van der Waals surface area (Å²) in [5.74, 6) is -0.938. The smallest absolute Gasteiger partial charge is 0.748 e. The Morgan fingerprint density at radius 3 is 1.06 bits per heavy atom. The summed E-state index contributed by atoms with van der Waals surface area (Å²) >= 11 is 0. The quantitative estimate of drug-likeness (QED) is 0.400. The van der Waals surface area contributed by atoms with Gasteiger partial charge in [0.2, 0.25) is 0 Å². The molecule has 0 aromatic carbocycles. The zero-order valence-electron chi connectivity index (χ0n) is 9.11. The van der Waals surface area contributed by atoms with Crippen molar-refractivity contribution in [3.05, 3.63) is 0 Å². The topological polar surface area (TPSA) is 155 Å². The van der Waals surface area contributed by atoms with Crippen LogP contribution in [-0.2, 0) is 20.2 Å². The fourth-order valence-corrected chi connectivity index (χ4v) is 1.45. The summed E-state index contributed by atoms with van der Waals surface area (Å²) < 4.78 is 58.3. The number of aliphatic hydroxyl groups excluding tert-OH is 2. The molecule has 2 N–H and O–H groups in total. The molecule has 0 heterocycles. The van der Waals surface area contributed by atoms with Gasteiger partial charge in [0.05, 0.1) is 20.2 Å². The second-order valence-corrected chi connectivity index (χ2v) is 5.73. The number of rotatable bonds is 6. The van der Waals surface area contributed by atoms with Gasteiger partial charge in [-0.05, 0) is 12.8 Å². The van der Waals surface area contributed by atoms with Crippen LogP contribution in [0.2, 0.25) is 0 Å². The van der Waals surface area contributed by atoms with E-state index in [1.807, 2.05) is 0 Å². The average Bonchev–Trinajstić information content (AvgIpc) is 2.10. The van der Waals surface area contributed by atoms with E-state index in [1.54, 1.807) is 0 Å². The van der Waals surface area contributed by atoms with Crippen molar-refractivity contribution in [3.8, 4) is 0 Å². The minimum absolute atomic E-state index is 0. The van der Waals surface area contributed by atoms with Gasteiger partial charge in [0.25, 0.3) is 0 Å². The minimum Gasteiger partial charge on any atom is -0.748 e. The van der Waals surface area contributed by atoms with Gasteiger partial charge in [-0.15, -0.1) is 0 Å². The molecule has 0 fully saturated rings. The van der Waals surface area contributed by atoms with E-state index in [-0.39, 0.29) is 63.8 Å². The van der Waals surface area contributed by atoms with E-state index in [0.717, 1.165) is 0 Å². The van der Waals surface area contributed by atoms with Gasteiger partial charge in [-0.25, -0.2) is 16.8 Å². The van der Waals surface area contributed by atoms with Gasteiger partial charge in [0.1, 0.15) is 0 Å². The Kier molecular flexibility index (Phi) is 16.4. The number of hydrogen-bond acceptors (Lipinski definition) is 8. The predicted octanol–water partition coefficient (Wildman–Crippen LogP) is -2.55. The molecule has 0 rings (SSSR count). The summed E-state index contributed by atoms with van der Waals surface area (Å²) in [4.78, 5) is 0. The zero-order valence-corrected chi connectivity index (χ0v) is 13.0. The van der Waals surface area contributed by atoms with Crippen molar-refractivity contribution in [1.82, 2.24) is 0 Å². The molecule has 11 heteroatoms. The van der Waals surface area contributed by atoms with Crippen molar-refractivity contribution >= 4 is 58.0 Å². The van der Waals surface area contributed by atoms with Gasteiger partial charge in [-0.2, -0.15) is 0 Å². The Balaban J connectivity index is -0.000000218. The first-order valence-electron chi connectivity index (χ1n) is 4.21. The first-order valence-corrected chi connectivity index (χ1v) is 7.36. The molecule has 8 nitrogen and oxygen atoms in total.